The zero-order chi connectivity index (χ0) is 21.3. The number of carbonyl (C=O) groups is 1. The van der Waals surface area contributed by atoms with Crippen molar-refractivity contribution in [3.63, 3.8) is 0 Å². The number of unbranched alkanes of at least 4 members (excludes halogenated alkanes) is 15. The molecule has 1 atom stereocenters. The lowest BCUT2D eigenvalue weighted by atomic mass is 10.0. The van der Waals surface area contributed by atoms with Crippen LogP contribution in [0.4, 0.5) is 0 Å². The molecule has 0 aliphatic heterocycles. The molecule has 0 bridgehead atoms. The summed E-state index contributed by atoms with van der Waals surface area (Å²) < 4.78 is 15.2. The van der Waals surface area contributed by atoms with E-state index < -0.39 is 19.4 Å². The summed E-state index contributed by atoms with van der Waals surface area (Å²) in [7, 11) is -4.90. The first-order chi connectivity index (χ1) is 13.2. The van der Waals surface area contributed by atoms with Gasteiger partial charge >= 0.3 is 7.82 Å². The minimum absolute atomic E-state index is 0.0914. The number of hydrogen-bond acceptors (Lipinski definition) is 4. The van der Waals surface area contributed by atoms with Crippen molar-refractivity contribution in [2.24, 2.45) is 0 Å². The molecule has 0 aliphatic carbocycles. The Morgan fingerprint density at radius 2 is 1.07 bits per heavy atom. The van der Waals surface area contributed by atoms with E-state index in [4.69, 9.17) is 9.79 Å². The molecule has 1 unspecified atom stereocenters. The summed E-state index contributed by atoms with van der Waals surface area (Å²) in [5.74, 6) is -3.16. The van der Waals surface area contributed by atoms with Crippen LogP contribution in [0.3, 0.4) is 0 Å². The van der Waals surface area contributed by atoms with Crippen LogP contribution < -0.4 is 0 Å². The number of rotatable bonds is 20. The molecule has 0 spiro atoms. The molecule has 0 aliphatic rings. The third-order valence-corrected chi connectivity index (χ3v) is 5.73. The molecule has 0 fully saturated rings. The maximum atomic E-state index is 11.4. The SMILES string of the molecule is CCCCCCCCCCCCCCCCCCC(O)(OP(=O)(O)O)C(C)=O. The van der Waals surface area contributed by atoms with Crippen molar-refractivity contribution in [1.82, 2.24) is 0 Å². The molecule has 6 nitrogen and oxygen atoms in total. The number of phosphoric acid groups is 1. The Bertz CT molecular complexity index is 437. The van der Waals surface area contributed by atoms with Crippen molar-refractivity contribution < 1.29 is 28.8 Å². The predicted molar refractivity (Wildman–Crippen MR) is 113 cm³/mol. The Balaban J connectivity index is 3.50. The third kappa shape index (κ3) is 16.7. The fourth-order valence-electron chi connectivity index (χ4n) is 3.40. The average molecular weight is 423 g/mol. The zero-order valence-corrected chi connectivity index (χ0v) is 18.9. The van der Waals surface area contributed by atoms with Crippen molar-refractivity contribution >= 4 is 13.6 Å². The summed E-state index contributed by atoms with van der Waals surface area (Å²) in [6, 6.07) is 0. The summed E-state index contributed by atoms with van der Waals surface area (Å²) in [6.45, 7) is 3.32. The van der Waals surface area contributed by atoms with Gasteiger partial charge in [-0.2, -0.15) is 0 Å². The van der Waals surface area contributed by atoms with Crippen molar-refractivity contribution in [1.29, 1.82) is 0 Å². The zero-order valence-electron chi connectivity index (χ0n) is 18.0. The van der Waals surface area contributed by atoms with E-state index in [2.05, 4.69) is 11.4 Å². The van der Waals surface area contributed by atoms with Gasteiger partial charge in [-0.1, -0.05) is 103 Å². The lowest BCUT2D eigenvalue weighted by Gasteiger charge is -2.25. The molecular weight excluding hydrogens is 379 g/mol. The van der Waals surface area contributed by atoms with Crippen molar-refractivity contribution in [2.45, 2.75) is 129 Å². The molecule has 168 valence electrons. The molecule has 3 N–H and O–H groups in total. The summed E-state index contributed by atoms with van der Waals surface area (Å²) in [5, 5.41) is 9.98. The molecule has 28 heavy (non-hydrogen) atoms. The summed E-state index contributed by atoms with van der Waals surface area (Å²) in [5.41, 5.74) is 0. The molecule has 0 radical (unpaired) electrons. The van der Waals surface area contributed by atoms with Crippen LogP contribution in [0.5, 0.6) is 0 Å². The number of phosphoric ester groups is 1. The number of carbonyl (C=O) groups excluding carboxylic acids is 1. The third-order valence-electron chi connectivity index (χ3n) is 5.19. The Morgan fingerprint density at radius 1 is 0.750 bits per heavy atom. The highest BCUT2D eigenvalue weighted by atomic mass is 31.2. The van der Waals surface area contributed by atoms with Crippen LogP contribution in [0.2, 0.25) is 0 Å². The van der Waals surface area contributed by atoms with Crippen molar-refractivity contribution in [2.75, 3.05) is 0 Å². The number of Topliss-reactive ketones (excluding diaryl/α,β-unsaturated/α-hetero) is 1. The van der Waals surface area contributed by atoms with Crippen LogP contribution in [0, 0.1) is 0 Å². The molecule has 7 heteroatoms. The van der Waals surface area contributed by atoms with Crippen LogP contribution in [-0.4, -0.2) is 26.5 Å². The monoisotopic (exact) mass is 422 g/mol. The molecule has 0 amide bonds. The average Bonchev–Trinajstić information content (AvgIpc) is 2.59. The maximum Gasteiger partial charge on any atom is 0.472 e. The second-order valence-electron chi connectivity index (χ2n) is 7.98. The van der Waals surface area contributed by atoms with Gasteiger partial charge in [0.15, 0.2) is 5.78 Å². The van der Waals surface area contributed by atoms with E-state index in [9.17, 15) is 14.5 Å². The van der Waals surface area contributed by atoms with Gasteiger partial charge < -0.3 is 14.9 Å². The summed E-state index contributed by atoms with van der Waals surface area (Å²) in [4.78, 5) is 29.0. The van der Waals surface area contributed by atoms with E-state index in [0.717, 1.165) is 26.2 Å². The van der Waals surface area contributed by atoms with Crippen LogP contribution in [0.25, 0.3) is 0 Å². The van der Waals surface area contributed by atoms with Crippen LogP contribution >= 0.6 is 7.82 Å². The number of aliphatic hydroxyl groups is 1. The highest BCUT2D eigenvalue weighted by Crippen LogP contribution is 2.42. The molecule has 0 heterocycles. The topological polar surface area (TPSA) is 104 Å². The van der Waals surface area contributed by atoms with Gasteiger partial charge in [-0.3, -0.25) is 4.79 Å². The van der Waals surface area contributed by atoms with Gasteiger partial charge in [0.05, 0.1) is 0 Å². The lowest BCUT2D eigenvalue weighted by Crippen LogP contribution is -2.39. The Hall–Kier alpha value is -0.260. The van der Waals surface area contributed by atoms with Gasteiger partial charge in [0.25, 0.3) is 0 Å². The van der Waals surface area contributed by atoms with Gasteiger partial charge in [-0.15, -0.1) is 0 Å². The second-order valence-corrected chi connectivity index (χ2v) is 9.14. The van der Waals surface area contributed by atoms with Crippen LogP contribution in [-0.2, 0) is 13.9 Å². The van der Waals surface area contributed by atoms with Crippen molar-refractivity contribution in [3.8, 4) is 0 Å². The van der Waals surface area contributed by atoms with E-state index >= 15 is 0 Å². The first-order valence-corrected chi connectivity index (χ1v) is 12.7. The predicted octanol–water partition coefficient (Wildman–Crippen LogP) is 6.02. The molecular formula is C21H43O6P. The Kier molecular flexibility index (Phi) is 16.4. The standard InChI is InChI=1S/C21H43O6P/c1-3-4-5-6-7-8-9-10-11-12-13-14-15-16-17-18-19-21(23,20(2)22)27-28(24,25)26/h23H,3-19H2,1-2H3,(H2,24,25,26). The molecule has 0 saturated heterocycles. The highest BCUT2D eigenvalue weighted by Gasteiger charge is 2.39. The Morgan fingerprint density at radius 3 is 1.36 bits per heavy atom. The number of hydrogen-bond donors (Lipinski definition) is 3. The van der Waals surface area contributed by atoms with Gasteiger partial charge in [0, 0.05) is 13.3 Å². The molecule has 0 aromatic heterocycles. The van der Waals surface area contributed by atoms with E-state index in [1.165, 1.54) is 77.0 Å². The lowest BCUT2D eigenvalue weighted by molar-refractivity contribution is -0.177. The minimum atomic E-state index is -4.90. The molecule has 0 saturated carbocycles. The van der Waals surface area contributed by atoms with Gasteiger partial charge in [-0.25, -0.2) is 9.09 Å². The van der Waals surface area contributed by atoms with Crippen molar-refractivity contribution in [3.05, 3.63) is 0 Å². The Labute approximate surface area is 171 Å². The molecule has 0 rings (SSSR count). The number of ketones is 1. The van der Waals surface area contributed by atoms with Gasteiger partial charge in [-0.05, 0) is 6.42 Å². The fourth-order valence-corrected chi connectivity index (χ4v) is 4.01. The quantitative estimate of drug-likeness (QED) is 0.126. The van der Waals surface area contributed by atoms with E-state index in [1.807, 2.05) is 0 Å². The normalized spacial score (nSPS) is 14.2. The summed E-state index contributed by atoms with van der Waals surface area (Å²) in [6.07, 6.45) is 19.3. The van der Waals surface area contributed by atoms with E-state index in [0.29, 0.717) is 6.42 Å². The smallest absolute Gasteiger partial charge is 0.359 e. The van der Waals surface area contributed by atoms with Crippen LogP contribution in [0.1, 0.15) is 123 Å². The second kappa shape index (κ2) is 16.5. The first-order valence-electron chi connectivity index (χ1n) is 11.2. The first kappa shape index (κ1) is 27.7. The highest BCUT2D eigenvalue weighted by molar-refractivity contribution is 7.46. The maximum absolute atomic E-state index is 11.4. The van der Waals surface area contributed by atoms with E-state index in [-0.39, 0.29) is 6.42 Å². The molecule has 0 aromatic carbocycles. The molecule has 0 aromatic rings. The fraction of sp³-hybridized carbons (Fsp3) is 0.952. The van der Waals surface area contributed by atoms with Gasteiger partial charge in [0.2, 0.25) is 5.79 Å². The van der Waals surface area contributed by atoms with Crippen LogP contribution in [0.15, 0.2) is 0 Å². The van der Waals surface area contributed by atoms with E-state index in [1.54, 1.807) is 0 Å². The summed E-state index contributed by atoms with van der Waals surface area (Å²) >= 11 is 0. The minimum Gasteiger partial charge on any atom is -0.359 e. The largest absolute Gasteiger partial charge is 0.472 e. The van der Waals surface area contributed by atoms with Gasteiger partial charge in [0.1, 0.15) is 0 Å².